The first kappa shape index (κ1) is 14.8. The highest BCUT2D eigenvalue weighted by atomic mass is 16.5. The van der Waals surface area contributed by atoms with Gasteiger partial charge >= 0.3 is 5.97 Å². The van der Waals surface area contributed by atoms with Gasteiger partial charge in [-0.15, -0.1) is 0 Å². The minimum Gasteiger partial charge on any atom is -0.507 e. The molecule has 0 saturated carbocycles. The van der Waals surface area contributed by atoms with Gasteiger partial charge in [-0.2, -0.15) is 0 Å². The number of benzene rings is 2. The quantitative estimate of drug-likeness (QED) is 0.739. The smallest absolute Gasteiger partial charge is 0.342 e. The van der Waals surface area contributed by atoms with Crippen molar-refractivity contribution in [2.75, 3.05) is 7.11 Å². The second kappa shape index (κ2) is 5.61. The molecule has 23 heavy (non-hydrogen) atoms. The summed E-state index contributed by atoms with van der Waals surface area (Å²) in [6.45, 7) is 0. The zero-order chi connectivity index (χ0) is 16.6. The van der Waals surface area contributed by atoms with Gasteiger partial charge in [-0.25, -0.2) is 4.79 Å². The Balaban J connectivity index is 2.41. The highest BCUT2D eigenvalue weighted by Gasteiger charge is 2.20. The molecular formula is C18H15NO4. The molecule has 5 heteroatoms. The van der Waals surface area contributed by atoms with E-state index in [9.17, 15) is 14.7 Å². The molecule has 0 radical (unpaired) electrons. The highest BCUT2D eigenvalue weighted by molar-refractivity contribution is 6.07. The molecule has 3 aromatic rings. The van der Waals surface area contributed by atoms with E-state index in [1.165, 1.54) is 17.7 Å². The standard InChI is InChI=1S/C18H15NO4/c1-19-13(11-6-4-3-5-7-11)10-12-8-9-14(20)16(18(22)23-2)15(12)17(19)21/h3-10,20H,1-2H3. The number of phenols is 1. The number of fused-ring (bicyclic) bond motifs is 1. The molecule has 116 valence electrons. The van der Waals surface area contributed by atoms with Gasteiger partial charge in [-0.05, 0) is 23.1 Å². The summed E-state index contributed by atoms with van der Waals surface area (Å²) in [7, 11) is 2.85. The van der Waals surface area contributed by atoms with Crippen molar-refractivity contribution in [2.45, 2.75) is 0 Å². The van der Waals surface area contributed by atoms with Crippen molar-refractivity contribution in [3.05, 3.63) is 64.4 Å². The lowest BCUT2D eigenvalue weighted by Crippen LogP contribution is -2.21. The van der Waals surface area contributed by atoms with Crippen LogP contribution in [0.1, 0.15) is 10.4 Å². The van der Waals surface area contributed by atoms with Gasteiger partial charge in [0.2, 0.25) is 0 Å². The fraction of sp³-hybridized carbons (Fsp3) is 0.111. The van der Waals surface area contributed by atoms with Crippen molar-refractivity contribution in [1.82, 2.24) is 4.57 Å². The molecule has 1 heterocycles. The molecule has 1 aromatic heterocycles. The van der Waals surface area contributed by atoms with Gasteiger partial charge in [-0.1, -0.05) is 36.4 Å². The van der Waals surface area contributed by atoms with Crippen molar-refractivity contribution < 1.29 is 14.6 Å². The highest BCUT2D eigenvalue weighted by Crippen LogP contribution is 2.28. The number of pyridine rings is 1. The number of methoxy groups -OCH3 is 1. The minimum atomic E-state index is -0.738. The summed E-state index contributed by atoms with van der Waals surface area (Å²) in [6, 6.07) is 14.3. The molecular weight excluding hydrogens is 294 g/mol. The zero-order valence-corrected chi connectivity index (χ0v) is 12.7. The Bertz CT molecular complexity index is 958. The average molecular weight is 309 g/mol. The van der Waals surface area contributed by atoms with Gasteiger partial charge in [0.05, 0.1) is 18.2 Å². The second-order valence-corrected chi connectivity index (χ2v) is 5.18. The van der Waals surface area contributed by atoms with Gasteiger partial charge in [0.15, 0.2) is 0 Å². The van der Waals surface area contributed by atoms with Crippen molar-refractivity contribution in [3.63, 3.8) is 0 Å². The van der Waals surface area contributed by atoms with Crippen LogP contribution in [0.25, 0.3) is 22.0 Å². The van der Waals surface area contributed by atoms with Crippen LogP contribution in [-0.2, 0) is 11.8 Å². The largest absolute Gasteiger partial charge is 0.507 e. The molecule has 0 amide bonds. The Morgan fingerprint density at radius 2 is 1.83 bits per heavy atom. The van der Waals surface area contributed by atoms with E-state index >= 15 is 0 Å². The third-order valence-corrected chi connectivity index (χ3v) is 3.85. The summed E-state index contributed by atoms with van der Waals surface area (Å²) >= 11 is 0. The van der Waals surface area contributed by atoms with E-state index in [-0.39, 0.29) is 22.3 Å². The van der Waals surface area contributed by atoms with Gasteiger partial charge in [0.25, 0.3) is 5.56 Å². The summed E-state index contributed by atoms with van der Waals surface area (Å²) in [4.78, 5) is 24.7. The maximum absolute atomic E-state index is 12.8. The summed E-state index contributed by atoms with van der Waals surface area (Å²) < 4.78 is 6.15. The number of carbonyl (C=O) groups is 1. The summed E-state index contributed by atoms with van der Waals surface area (Å²) in [5, 5.41) is 10.7. The third kappa shape index (κ3) is 2.36. The van der Waals surface area contributed by atoms with Gasteiger partial charge in [0.1, 0.15) is 11.3 Å². The Morgan fingerprint density at radius 3 is 2.48 bits per heavy atom. The minimum absolute atomic E-state index is 0.106. The number of aromatic nitrogens is 1. The predicted octanol–water partition coefficient (Wildman–Crippen LogP) is 2.70. The lowest BCUT2D eigenvalue weighted by atomic mass is 10.0. The fourth-order valence-electron chi connectivity index (χ4n) is 2.67. The molecule has 0 atom stereocenters. The van der Waals surface area contributed by atoms with Crippen molar-refractivity contribution in [2.24, 2.45) is 7.05 Å². The number of carbonyl (C=O) groups excluding carboxylic acids is 1. The molecule has 0 aliphatic rings. The predicted molar refractivity (Wildman–Crippen MR) is 87.6 cm³/mol. The number of rotatable bonds is 2. The van der Waals surface area contributed by atoms with E-state index < -0.39 is 5.97 Å². The summed E-state index contributed by atoms with van der Waals surface area (Å²) in [5.41, 5.74) is 1.15. The van der Waals surface area contributed by atoms with Crippen LogP contribution < -0.4 is 5.56 Å². The first-order valence-electron chi connectivity index (χ1n) is 7.04. The topological polar surface area (TPSA) is 68.5 Å². The molecule has 5 nitrogen and oxygen atoms in total. The molecule has 0 bridgehead atoms. The molecule has 0 saturated heterocycles. The molecule has 0 fully saturated rings. The number of phenolic OH excluding ortho intramolecular Hbond substituents is 1. The van der Waals surface area contributed by atoms with Crippen LogP contribution in [0, 0.1) is 0 Å². The molecule has 3 rings (SSSR count). The monoisotopic (exact) mass is 309 g/mol. The molecule has 0 aliphatic heterocycles. The average Bonchev–Trinajstić information content (AvgIpc) is 2.58. The molecule has 0 aliphatic carbocycles. The number of aromatic hydroxyl groups is 1. The Labute approximate surface area is 132 Å². The van der Waals surface area contributed by atoms with E-state index in [4.69, 9.17) is 0 Å². The van der Waals surface area contributed by atoms with E-state index in [0.717, 1.165) is 11.3 Å². The maximum Gasteiger partial charge on any atom is 0.342 e. The van der Waals surface area contributed by atoms with Crippen molar-refractivity contribution in [3.8, 4) is 17.0 Å². The first-order chi connectivity index (χ1) is 11.0. The van der Waals surface area contributed by atoms with Gasteiger partial charge in [-0.3, -0.25) is 4.79 Å². The molecule has 0 spiro atoms. The molecule has 1 N–H and O–H groups in total. The SMILES string of the molecule is COC(=O)c1c(O)ccc2cc(-c3ccccc3)n(C)c(=O)c12. The lowest BCUT2D eigenvalue weighted by Gasteiger charge is -2.13. The summed E-state index contributed by atoms with van der Waals surface area (Å²) in [6.07, 6.45) is 0. The molecule has 2 aromatic carbocycles. The normalized spacial score (nSPS) is 10.7. The van der Waals surface area contributed by atoms with Crippen LogP contribution in [0.15, 0.2) is 53.3 Å². The van der Waals surface area contributed by atoms with Gasteiger partial charge in [0, 0.05) is 7.05 Å². The second-order valence-electron chi connectivity index (χ2n) is 5.18. The number of hydrogen-bond acceptors (Lipinski definition) is 4. The van der Waals surface area contributed by atoms with Crippen molar-refractivity contribution in [1.29, 1.82) is 0 Å². The third-order valence-electron chi connectivity index (χ3n) is 3.85. The Kier molecular flexibility index (Phi) is 3.62. The first-order valence-corrected chi connectivity index (χ1v) is 7.04. The number of nitrogens with zero attached hydrogens (tertiary/aromatic N) is 1. The Morgan fingerprint density at radius 1 is 1.13 bits per heavy atom. The van der Waals surface area contributed by atoms with Gasteiger partial charge < -0.3 is 14.4 Å². The lowest BCUT2D eigenvalue weighted by molar-refractivity contribution is 0.0599. The summed E-state index contributed by atoms with van der Waals surface area (Å²) in [5.74, 6) is -1.01. The van der Waals surface area contributed by atoms with E-state index in [2.05, 4.69) is 4.74 Å². The van der Waals surface area contributed by atoms with Crippen LogP contribution in [0.3, 0.4) is 0 Å². The van der Waals surface area contributed by atoms with Crippen molar-refractivity contribution >= 4 is 16.7 Å². The fourth-order valence-corrected chi connectivity index (χ4v) is 2.67. The number of ether oxygens (including phenoxy) is 1. The van der Waals surface area contributed by atoms with Crippen LogP contribution in [0.2, 0.25) is 0 Å². The number of hydrogen-bond donors (Lipinski definition) is 1. The van der Waals surface area contributed by atoms with E-state index in [1.807, 2.05) is 36.4 Å². The van der Waals surface area contributed by atoms with Crippen LogP contribution in [0.5, 0.6) is 5.75 Å². The van der Waals surface area contributed by atoms with Crippen LogP contribution >= 0.6 is 0 Å². The Hall–Kier alpha value is -3.08. The van der Waals surface area contributed by atoms with Crippen LogP contribution in [-0.4, -0.2) is 22.8 Å². The van der Waals surface area contributed by atoms with E-state index in [1.54, 1.807) is 13.1 Å². The zero-order valence-electron chi connectivity index (χ0n) is 12.7. The van der Waals surface area contributed by atoms with E-state index in [0.29, 0.717) is 5.39 Å². The number of esters is 1. The maximum atomic E-state index is 12.8. The van der Waals surface area contributed by atoms with Crippen LogP contribution in [0.4, 0.5) is 0 Å². The molecule has 0 unspecified atom stereocenters.